The lowest BCUT2D eigenvalue weighted by molar-refractivity contribution is 0.574. The first-order chi connectivity index (χ1) is 10.7. The predicted molar refractivity (Wildman–Crippen MR) is 113 cm³/mol. The third-order valence-corrected chi connectivity index (χ3v) is 9.14. The molecule has 2 heteroatoms. The molecule has 0 aromatic heterocycles. The average molecular weight is 396 g/mol. The normalized spacial score (nSPS) is 12.7. The number of hydrogen-bond acceptors (Lipinski definition) is 0. The fraction of sp³-hybridized carbons (Fsp3) is 1.00. The summed E-state index contributed by atoms with van der Waals surface area (Å²) in [4.78, 5) is 0. The summed E-state index contributed by atoms with van der Waals surface area (Å²) in [7, 11) is -0.275. The molecule has 0 rings (SSSR count). The SMILES string of the molecule is CCCCS(C)(CCCC)CCCCCCCCCCCBr. The molecular formula is C20H43BrS. The van der Waals surface area contributed by atoms with Crippen LogP contribution in [0.25, 0.3) is 0 Å². The Hall–Kier alpha value is 0.830. The summed E-state index contributed by atoms with van der Waals surface area (Å²) in [5.74, 6) is 4.63. The maximum atomic E-state index is 3.51. The van der Waals surface area contributed by atoms with E-state index in [1.807, 2.05) is 0 Å². The quantitative estimate of drug-likeness (QED) is 0.173. The molecule has 0 aliphatic heterocycles. The standard InChI is InChI=1S/C20H43BrS/c1-4-6-18-22(3,19-7-5-2)20-16-14-12-10-8-9-11-13-15-17-21/h4-20H2,1-3H3. The molecule has 0 heterocycles. The highest BCUT2D eigenvalue weighted by molar-refractivity contribution is 9.09. The van der Waals surface area contributed by atoms with Crippen LogP contribution in [0.4, 0.5) is 0 Å². The molecule has 0 amide bonds. The highest BCUT2D eigenvalue weighted by Gasteiger charge is 2.16. The summed E-state index contributed by atoms with van der Waals surface area (Å²) in [6.07, 6.45) is 21.4. The molecule has 0 aliphatic rings. The fourth-order valence-electron chi connectivity index (χ4n) is 3.07. The lowest BCUT2D eigenvalue weighted by Gasteiger charge is -2.36. The van der Waals surface area contributed by atoms with E-state index in [-0.39, 0.29) is 10.0 Å². The highest BCUT2D eigenvalue weighted by Crippen LogP contribution is 2.46. The molecule has 0 saturated carbocycles. The van der Waals surface area contributed by atoms with Crippen LogP contribution in [0.1, 0.15) is 97.3 Å². The maximum absolute atomic E-state index is 3.51. The second-order valence-corrected chi connectivity index (χ2v) is 12.1. The minimum Gasteiger partial charge on any atom is -0.244 e. The second-order valence-electron chi connectivity index (χ2n) is 7.17. The van der Waals surface area contributed by atoms with Crippen molar-refractivity contribution in [1.29, 1.82) is 0 Å². The lowest BCUT2D eigenvalue weighted by Crippen LogP contribution is -2.12. The minimum absolute atomic E-state index is 0.275. The molecule has 0 aliphatic carbocycles. The zero-order chi connectivity index (χ0) is 16.5. The van der Waals surface area contributed by atoms with Crippen LogP contribution in [0.3, 0.4) is 0 Å². The van der Waals surface area contributed by atoms with Crippen molar-refractivity contribution in [3.05, 3.63) is 0 Å². The van der Waals surface area contributed by atoms with Gasteiger partial charge in [-0.3, -0.25) is 0 Å². The smallest absolute Gasteiger partial charge is 0.00313 e. The van der Waals surface area contributed by atoms with Gasteiger partial charge in [-0.25, -0.2) is 10.0 Å². The van der Waals surface area contributed by atoms with E-state index in [0.717, 1.165) is 0 Å². The van der Waals surface area contributed by atoms with E-state index in [1.54, 1.807) is 5.75 Å². The average Bonchev–Trinajstić information content (AvgIpc) is 2.53. The molecule has 0 fully saturated rings. The Labute approximate surface area is 152 Å². The van der Waals surface area contributed by atoms with Gasteiger partial charge in [-0.2, -0.15) is 0 Å². The largest absolute Gasteiger partial charge is 0.244 e. The molecule has 0 bridgehead atoms. The van der Waals surface area contributed by atoms with Gasteiger partial charge in [-0.15, -0.1) is 0 Å². The number of halogens is 1. The number of unbranched alkanes of at least 4 members (excludes halogenated alkanes) is 10. The van der Waals surface area contributed by atoms with Gasteiger partial charge in [0, 0.05) is 5.33 Å². The van der Waals surface area contributed by atoms with E-state index in [1.165, 1.54) is 100 Å². The molecule has 0 spiro atoms. The molecule has 0 nitrogen and oxygen atoms in total. The lowest BCUT2D eigenvalue weighted by atomic mass is 10.1. The van der Waals surface area contributed by atoms with Gasteiger partial charge in [0.1, 0.15) is 0 Å². The van der Waals surface area contributed by atoms with Crippen LogP contribution in [0.15, 0.2) is 0 Å². The van der Waals surface area contributed by atoms with Crippen LogP contribution in [-0.2, 0) is 0 Å². The van der Waals surface area contributed by atoms with Crippen LogP contribution in [0, 0.1) is 0 Å². The van der Waals surface area contributed by atoms with Gasteiger partial charge >= 0.3 is 0 Å². The first-order valence-corrected chi connectivity index (χ1v) is 13.6. The van der Waals surface area contributed by atoms with Gasteiger partial charge in [0.05, 0.1) is 0 Å². The van der Waals surface area contributed by atoms with E-state index in [4.69, 9.17) is 0 Å². The molecule has 0 saturated heterocycles. The van der Waals surface area contributed by atoms with Gasteiger partial charge in [-0.05, 0) is 49.2 Å². The first kappa shape index (κ1) is 22.8. The van der Waals surface area contributed by atoms with Crippen LogP contribution in [-0.4, -0.2) is 28.8 Å². The summed E-state index contributed by atoms with van der Waals surface area (Å²) in [6.45, 7) is 4.69. The molecule has 0 radical (unpaired) electrons. The Morgan fingerprint density at radius 1 is 0.545 bits per heavy atom. The van der Waals surface area contributed by atoms with Crippen LogP contribution < -0.4 is 0 Å². The molecule has 0 unspecified atom stereocenters. The van der Waals surface area contributed by atoms with Crippen molar-refractivity contribution >= 4 is 26.0 Å². The molecule has 0 atom stereocenters. The molecule has 0 aromatic carbocycles. The Morgan fingerprint density at radius 3 is 1.32 bits per heavy atom. The monoisotopic (exact) mass is 394 g/mol. The van der Waals surface area contributed by atoms with Crippen molar-refractivity contribution in [3.63, 3.8) is 0 Å². The highest BCUT2D eigenvalue weighted by atomic mass is 79.9. The third-order valence-electron chi connectivity index (χ3n) is 4.75. The fourth-order valence-corrected chi connectivity index (χ4v) is 6.96. The molecule has 0 aromatic rings. The van der Waals surface area contributed by atoms with Crippen molar-refractivity contribution in [1.82, 2.24) is 0 Å². The minimum atomic E-state index is -0.275. The molecule has 0 N–H and O–H groups in total. The summed E-state index contributed by atoms with van der Waals surface area (Å²) in [5, 5.41) is 1.18. The van der Waals surface area contributed by atoms with Crippen LogP contribution in [0.2, 0.25) is 0 Å². The summed E-state index contributed by atoms with van der Waals surface area (Å²) in [6, 6.07) is 0. The summed E-state index contributed by atoms with van der Waals surface area (Å²) in [5.41, 5.74) is 0. The number of hydrogen-bond donors (Lipinski definition) is 0. The Kier molecular flexibility index (Phi) is 17.3. The van der Waals surface area contributed by atoms with Crippen molar-refractivity contribution < 1.29 is 0 Å². The van der Waals surface area contributed by atoms with E-state index >= 15 is 0 Å². The molecule has 22 heavy (non-hydrogen) atoms. The van der Waals surface area contributed by atoms with Crippen molar-refractivity contribution in [2.75, 3.05) is 28.8 Å². The molecule has 136 valence electrons. The zero-order valence-corrected chi connectivity index (χ0v) is 18.2. The Balaban J connectivity index is 3.58. The van der Waals surface area contributed by atoms with Crippen LogP contribution in [0.5, 0.6) is 0 Å². The van der Waals surface area contributed by atoms with Gasteiger partial charge in [0.15, 0.2) is 0 Å². The van der Waals surface area contributed by atoms with E-state index < -0.39 is 0 Å². The maximum Gasteiger partial charge on any atom is 0.00313 e. The van der Waals surface area contributed by atoms with Crippen LogP contribution >= 0.6 is 26.0 Å². The van der Waals surface area contributed by atoms with Gasteiger partial charge in [0.2, 0.25) is 0 Å². The third kappa shape index (κ3) is 14.4. The number of alkyl halides is 1. The Morgan fingerprint density at radius 2 is 0.909 bits per heavy atom. The predicted octanol–water partition coefficient (Wildman–Crippen LogP) is 7.93. The topological polar surface area (TPSA) is 0 Å². The second kappa shape index (κ2) is 16.7. The van der Waals surface area contributed by atoms with Crippen molar-refractivity contribution in [2.45, 2.75) is 97.3 Å². The van der Waals surface area contributed by atoms with E-state index in [9.17, 15) is 0 Å². The van der Waals surface area contributed by atoms with E-state index in [0.29, 0.717) is 0 Å². The Bertz CT molecular complexity index is 210. The zero-order valence-electron chi connectivity index (χ0n) is 15.8. The summed E-state index contributed by atoms with van der Waals surface area (Å²) >= 11 is 3.51. The van der Waals surface area contributed by atoms with Gasteiger partial charge in [-0.1, -0.05) is 87.6 Å². The van der Waals surface area contributed by atoms with E-state index in [2.05, 4.69) is 36.0 Å². The van der Waals surface area contributed by atoms with Gasteiger partial charge < -0.3 is 0 Å². The van der Waals surface area contributed by atoms with Gasteiger partial charge in [0.25, 0.3) is 0 Å². The summed E-state index contributed by atoms with van der Waals surface area (Å²) < 4.78 is 0. The first-order valence-electron chi connectivity index (χ1n) is 9.96. The molecular weight excluding hydrogens is 352 g/mol. The van der Waals surface area contributed by atoms with Crippen molar-refractivity contribution in [2.24, 2.45) is 0 Å². The van der Waals surface area contributed by atoms with Crippen molar-refractivity contribution in [3.8, 4) is 0 Å². The number of rotatable bonds is 17.